The van der Waals surface area contributed by atoms with Crippen LogP contribution in [0.15, 0.2) is 18.2 Å². The van der Waals surface area contributed by atoms with Crippen LogP contribution in [-0.4, -0.2) is 19.0 Å². The lowest BCUT2D eigenvalue weighted by molar-refractivity contribution is 0.800. The van der Waals surface area contributed by atoms with Crippen molar-refractivity contribution in [3.05, 3.63) is 23.8 Å². The summed E-state index contributed by atoms with van der Waals surface area (Å²) >= 11 is 7.63. The fourth-order valence-corrected chi connectivity index (χ4v) is 3.69. The van der Waals surface area contributed by atoms with Gasteiger partial charge in [0.25, 0.3) is 0 Å². The number of benzene rings is 1. The van der Waals surface area contributed by atoms with Gasteiger partial charge >= 0.3 is 0 Å². The number of aryl methyl sites for hydroxylation is 1. The second kappa shape index (κ2) is 3.80. The lowest BCUT2D eigenvalue weighted by atomic mass is 10.0. The van der Waals surface area contributed by atoms with Gasteiger partial charge in [0.1, 0.15) is 0 Å². The highest BCUT2D eigenvalue weighted by Crippen LogP contribution is 2.48. The Kier molecular flexibility index (Phi) is 2.45. The van der Waals surface area contributed by atoms with Gasteiger partial charge in [0.05, 0.1) is 23.5 Å². The Morgan fingerprint density at radius 1 is 1.40 bits per heavy atom. The molecule has 2 aliphatic rings. The molecule has 0 saturated carbocycles. The molecule has 0 aromatic heterocycles. The zero-order chi connectivity index (χ0) is 10.3. The van der Waals surface area contributed by atoms with Crippen molar-refractivity contribution in [3.63, 3.8) is 0 Å². The van der Waals surface area contributed by atoms with E-state index in [0.717, 1.165) is 13.1 Å². The van der Waals surface area contributed by atoms with Crippen LogP contribution in [-0.2, 0) is 6.42 Å². The molecule has 0 fully saturated rings. The van der Waals surface area contributed by atoms with Crippen molar-refractivity contribution in [2.45, 2.75) is 12.8 Å². The van der Waals surface area contributed by atoms with E-state index in [1.165, 1.54) is 29.8 Å². The third-order valence-electron chi connectivity index (χ3n) is 2.91. The number of hydrogen-bond acceptors (Lipinski definition) is 3. The van der Waals surface area contributed by atoms with Crippen LogP contribution in [0.2, 0.25) is 0 Å². The van der Waals surface area contributed by atoms with E-state index in [1.807, 2.05) is 12.1 Å². The van der Waals surface area contributed by atoms with Gasteiger partial charge in [-0.15, -0.1) is 11.6 Å². The van der Waals surface area contributed by atoms with Gasteiger partial charge in [0, 0.05) is 19.0 Å². The maximum atomic E-state index is 5.82. The normalized spacial score (nSPS) is 18.2. The average Bonchev–Trinajstić information content (AvgIpc) is 2.61. The molecule has 0 spiro atoms. The molecule has 1 aromatic rings. The first-order chi connectivity index (χ1) is 7.40. The molecule has 15 heavy (non-hydrogen) atoms. The molecule has 0 radical (unpaired) electrons. The number of alkyl halides is 1. The molecule has 0 aliphatic carbocycles. The van der Waals surface area contributed by atoms with Crippen LogP contribution in [0.1, 0.15) is 12.0 Å². The van der Waals surface area contributed by atoms with Crippen LogP contribution < -0.4 is 8.61 Å². The monoisotopic (exact) mass is 240 g/mol. The first kappa shape index (κ1) is 9.67. The van der Waals surface area contributed by atoms with Gasteiger partial charge in [0.2, 0.25) is 0 Å². The first-order valence-corrected chi connectivity index (χ1v) is 6.57. The van der Waals surface area contributed by atoms with E-state index in [-0.39, 0.29) is 0 Å². The quantitative estimate of drug-likeness (QED) is 0.580. The molecule has 4 heteroatoms. The van der Waals surface area contributed by atoms with Crippen LogP contribution in [0.5, 0.6) is 0 Å². The standard InChI is InChI=1S/C11H13ClN2S/c12-6-8-13-10-5-1-3-9-4-2-7-14(15-13)11(9)10/h1,3,5H,2,4,6-8H2. The second-order valence-corrected chi connectivity index (χ2v) is 5.29. The first-order valence-electron chi connectivity index (χ1n) is 5.31. The van der Waals surface area contributed by atoms with E-state index in [9.17, 15) is 0 Å². The summed E-state index contributed by atoms with van der Waals surface area (Å²) in [4.78, 5) is 0. The molecule has 1 aromatic carbocycles. The number of hydrogen-bond donors (Lipinski definition) is 0. The van der Waals surface area contributed by atoms with Gasteiger partial charge in [0.15, 0.2) is 0 Å². The highest BCUT2D eigenvalue weighted by atomic mass is 35.5. The third kappa shape index (κ3) is 1.49. The van der Waals surface area contributed by atoms with Crippen molar-refractivity contribution in [1.82, 2.24) is 0 Å². The van der Waals surface area contributed by atoms with E-state index >= 15 is 0 Å². The molecular formula is C11H13ClN2S. The summed E-state index contributed by atoms with van der Waals surface area (Å²) in [6.45, 7) is 2.08. The Hall–Kier alpha value is -0.540. The Morgan fingerprint density at radius 3 is 3.20 bits per heavy atom. The van der Waals surface area contributed by atoms with Crippen molar-refractivity contribution < 1.29 is 0 Å². The minimum absolute atomic E-state index is 0.685. The summed E-state index contributed by atoms with van der Waals surface area (Å²) < 4.78 is 4.71. The highest BCUT2D eigenvalue weighted by molar-refractivity contribution is 8.02. The SMILES string of the molecule is ClCCN1SN2CCCc3cccc1c32. The van der Waals surface area contributed by atoms with Gasteiger partial charge in [-0.1, -0.05) is 12.1 Å². The minimum atomic E-state index is 0.685. The number of para-hydroxylation sites is 1. The predicted octanol–water partition coefficient (Wildman–Crippen LogP) is 3.06. The fourth-order valence-electron chi connectivity index (χ4n) is 2.28. The summed E-state index contributed by atoms with van der Waals surface area (Å²) in [6, 6.07) is 6.60. The Morgan fingerprint density at radius 2 is 2.33 bits per heavy atom. The lowest BCUT2D eigenvalue weighted by Gasteiger charge is -2.23. The number of anilines is 2. The Bertz CT molecular complexity index is 383. The van der Waals surface area contributed by atoms with Gasteiger partial charge in [-0.2, -0.15) is 0 Å². The molecule has 80 valence electrons. The third-order valence-corrected chi connectivity index (χ3v) is 4.22. The summed E-state index contributed by atoms with van der Waals surface area (Å²) in [5, 5.41) is 0. The summed E-state index contributed by atoms with van der Waals surface area (Å²) in [5.74, 6) is 0.685. The van der Waals surface area contributed by atoms with Crippen LogP contribution in [0.3, 0.4) is 0 Å². The van der Waals surface area contributed by atoms with E-state index in [4.69, 9.17) is 11.6 Å². The van der Waals surface area contributed by atoms with Gasteiger partial charge < -0.3 is 0 Å². The summed E-state index contributed by atoms with van der Waals surface area (Å²) in [7, 11) is 0. The fraction of sp³-hybridized carbons (Fsp3) is 0.455. The van der Waals surface area contributed by atoms with E-state index < -0.39 is 0 Å². The van der Waals surface area contributed by atoms with Crippen LogP contribution in [0.25, 0.3) is 0 Å². The zero-order valence-corrected chi connectivity index (χ0v) is 10.0. The van der Waals surface area contributed by atoms with Gasteiger partial charge in [-0.05, 0) is 24.5 Å². The van der Waals surface area contributed by atoms with Crippen LogP contribution in [0, 0.1) is 0 Å². The Balaban J connectivity index is 2.04. The average molecular weight is 241 g/mol. The number of rotatable bonds is 2. The van der Waals surface area contributed by atoms with Crippen LogP contribution in [0.4, 0.5) is 11.4 Å². The molecule has 3 rings (SSSR count). The predicted molar refractivity (Wildman–Crippen MR) is 67.8 cm³/mol. The topological polar surface area (TPSA) is 6.48 Å². The molecule has 0 bridgehead atoms. The van der Waals surface area contributed by atoms with Gasteiger partial charge in [-0.25, -0.2) is 0 Å². The van der Waals surface area contributed by atoms with Crippen molar-refractivity contribution in [2.24, 2.45) is 0 Å². The van der Waals surface area contributed by atoms with Crippen molar-refractivity contribution >= 4 is 35.1 Å². The van der Waals surface area contributed by atoms with E-state index in [0.29, 0.717) is 5.88 Å². The summed E-state index contributed by atoms with van der Waals surface area (Å²) in [5.41, 5.74) is 4.26. The molecule has 0 atom stereocenters. The van der Waals surface area contributed by atoms with Gasteiger partial charge in [-0.3, -0.25) is 8.61 Å². The van der Waals surface area contributed by atoms with Crippen LogP contribution >= 0.6 is 23.7 Å². The van der Waals surface area contributed by atoms with E-state index in [2.05, 4.69) is 26.8 Å². The minimum Gasteiger partial charge on any atom is -0.296 e. The highest BCUT2D eigenvalue weighted by Gasteiger charge is 2.31. The maximum absolute atomic E-state index is 5.82. The molecule has 2 heterocycles. The molecule has 0 unspecified atom stereocenters. The smallest absolute Gasteiger partial charge is 0.0761 e. The van der Waals surface area contributed by atoms with E-state index in [1.54, 1.807) is 0 Å². The lowest BCUT2D eigenvalue weighted by Crippen LogP contribution is -2.21. The zero-order valence-electron chi connectivity index (χ0n) is 8.45. The number of nitrogens with zero attached hydrogens (tertiary/aromatic N) is 2. The van der Waals surface area contributed by atoms with Crippen molar-refractivity contribution in [3.8, 4) is 0 Å². The second-order valence-electron chi connectivity index (χ2n) is 3.86. The Labute approximate surface area is 99.5 Å². The molecular weight excluding hydrogens is 228 g/mol. The summed E-state index contributed by atoms with van der Waals surface area (Å²) in [6.07, 6.45) is 2.48. The molecule has 0 N–H and O–H groups in total. The van der Waals surface area contributed by atoms with Crippen molar-refractivity contribution in [1.29, 1.82) is 0 Å². The molecule has 2 nitrogen and oxygen atoms in total. The van der Waals surface area contributed by atoms with Crippen molar-refractivity contribution in [2.75, 3.05) is 27.6 Å². The maximum Gasteiger partial charge on any atom is 0.0761 e. The largest absolute Gasteiger partial charge is 0.296 e. The molecule has 0 amide bonds. The number of halogens is 1. The molecule has 2 aliphatic heterocycles. The molecule has 0 saturated heterocycles.